The first-order valence-corrected chi connectivity index (χ1v) is 10.8. The van der Waals surface area contributed by atoms with Crippen molar-refractivity contribution in [3.05, 3.63) is 68.8 Å². The lowest BCUT2D eigenvalue weighted by Gasteiger charge is -2.28. The Kier molecular flexibility index (Phi) is 4.50. The highest BCUT2D eigenvalue weighted by atomic mass is 79.9. The molecule has 1 N–H and O–H groups in total. The monoisotopic (exact) mass is 465 g/mol. The van der Waals surface area contributed by atoms with Crippen molar-refractivity contribution >= 4 is 44.6 Å². The molecule has 0 atom stereocenters. The lowest BCUT2D eigenvalue weighted by atomic mass is 10.0. The van der Waals surface area contributed by atoms with E-state index in [2.05, 4.69) is 27.0 Å². The van der Waals surface area contributed by atoms with Crippen LogP contribution in [0.5, 0.6) is 0 Å². The number of amides is 3. The Morgan fingerprint density at radius 3 is 2.77 bits per heavy atom. The molecule has 7 heteroatoms. The van der Waals surface area contributed by atoms with E-state index >= 15 is 0 Å². The maximum atomic E-state index is 12.9. The van der Waals surface area contributed by atoms with E-state index < -0.39 is 0 Å². The number of benzene rings is 2. The van der Waals surface area contributed by atoms with E-state index in [0.717, 1.165) is 38.6 Å². The summed E-state index contributed by atoms with van der Waals surface area (Å²) in [6.45, 7) is 3.15. The van der Waals surface area contributed by atoms with Gasteiger partial charge in [0.25, 0.3) is 11.8 Å². The zero-order valence-corrected chi connectivity index (χ0v) is 18.1. The van der Waals surface area contributed by atoms with E-state index in [4.69, 9.17) is 0 Å². The number of halogens is 1. The number of hydrogen-bond acceptors (Lipinski definition) is 3. The van der Waals surface area contributed by atoms with Crippen molar-refractivity contribution in [1.29, 1.82) is 0 Å². The summed E-state index contributed by atoms with van der Waals surface area (Å²) in [5.74, 6) is -0.670. The first kappa shape index (κ1) is 19.1. The topological polar surface area (TPSA) is 73.5 Å². The van der Waals surface area contributed by atoms with E-state index in [1.807, 2.05) is 30.0 Å². The van der Waals surface area contributed by atoms with Crippen molar-refractivity contribution in [3.63, 3.8) is 0 Å². The number of para-hydroxylation sites is 1. The lowest BCUT2D eigenvalue weighted by molar-refractivity contribution is -0.132. The Bertz CT molecular complexity index is 1230. The van der Waals surface area contributed by atoms with Crippen LogP contribution in [0.25, 0.3) is 10.9 Å². The summed E-state index contributed by atoms with van der Waals surface area (Å²) in [6.07, 6.45) is 0.889. The van der Waals surface area contributed by atoms with Crippen molar-refractivity contribution in [2.24, 2.45) is 0 Å². The molecule has 0 saturated heterocycles. The first-order valence-electron chi connectivity index (χ1n) is 9.96. The molecular formula is C23H20BrN3O3. The number of aromatic nitrogens is 1. The highest BCUT2D eigenvalue weighted by Crippen LogP contribution is 2.32. The molecule has 30 heavy (non-hydrogen) atoms. The summed E-state index contributed by atoms with van der Waals surface area (Å²) < 4.78 is 1.01. The molecule has 152 valence electrons. The molecule has 5 rings (SSSR count). The average molecular weight is 466 g/mol. The van der Waals surface area contributed by atoms with Crippen LogP contribution < -0.4 is 0 Å². The van der Waals surface area contributed by atoms with Gasteiger partial charge in [0, 0.05) is 53.6 Å². The van der Waals surface area contributed by atoms with Crippen LogP contribution in [-0.4, -0.2) is 45.6 Å². The van der Waals surface area contributed by atoms with Crippen LogP contribution >= 0.6 is 15.9 Å². The van der Waals surface area contributed by atoms with Gasteiger partial charge in [0.15, 0.2) is 0 Å². The molecule has 3 heterocycles. The number of rotatable bonds is 3. The minimum Gasteiger partial charge on any atom is -0.357 e. The number of fused-ring (bicyclic) bond motifs is 4. The fourth-order valence-corrected chi connectivity index (χ4v) is 4.85. The number of H-pyrrole nitrogens is 1. The van der Waals surface area contributed by atoms with Crippen molar-refractivity contribution in [2.45, 2.75) is 26.3 Å². The molecule has 0 unspecified atom stereocenters. The molecule has 0 bridgehead atoms. The number of hydrogen-bond donors (Lipinski definition) is 1. The molecule has 3 amide bonds. The molecule has 2 aliphatic heterocycles. The lowest BCUT2D eigenvalue weighted by Crippen LogP contribution is -2.39. The molecule has 1 aromatic heterocycles. The third kappa shape index (κ3) is 2.96. The Morgan fingerprint density at radius 2 is 1.93 bits per heavy atom. The molecule has 2 aromatic carbocycles. The number of carbonyl (C=O) groups excluding carboxylic acids is 3. The van der Waals surface area contributed by atoms with Gasteiger partial charge < -0.3 is 9.88 Å². The predicted octanol–water partition coefficient (Wildman–Crippen LogP) is 3.81. The number of nitrogens with one attached hydrogen (secondary N) is 1. The van der Waals surface area contributed by atoms with Crippen LogP contribution in [0, 0.1) is 6.92 Å². The van der Waals surface area contributed by atoms with Gasteiger partial charge in [-0.15, -0.1) is 0 Å². The van der Waals surface area contributed by atoms with Crippen LogP contribution in [0.1, 0.15) is 44.0 Å². The van der Waals surface area contributed by atoms with Gasteiger partial charge in [-0.1, -0.05) is 23.8 Å². The maximum absolute atomic E-state index is 12.9. The molecule has 0 saturated carbocycles. The smallest absolute Gasteiger partial charge is 0.261 e. The zero-order chi connectivity index (χ0) is 21.0. The van der Waals surface area contributed by atoms with Crippen LogP contribution in [0.4, 0.5) is 0 Å². The molecule has 0 fully saturated rings. The Balaban J connectivity index is 1.29. The van der Waals surface area contributed by atoms with E-state index in [0.29, 0.717) is 24.2 Å². The van der Waals surface area contributed by atoms with Crippen LogP contribution in [-0.2, 0) is 17.8 Å². The normalized spacial score (nSPS) is 15.7. The molecule has 6 nitrogen and oxygen atoms in total. The maximum Gasteiger partial charge on any atom is 0.261 e. The Morgan fingerprint density at radius 1 is 1.13 bits per heavy atom. The minimum atomic E-state index is -0.315. The van der Waals surface area contributed by atoms with E-state index in [9.17, 15) is 14.4 Å². The third-order valence-electron chi connectivity index (χ3n) is 5.99. The summed E-state index contributed by atoms with van der Waals surface area (Å²) in [5.41, 5.74) is 5.14. The Labute approximate surface area is 182 Å². The number of imide groups is 1. The third-order valence-corrected chi connectivity index (χ3v) is 6.65. The quantitative estimate of drug-likeness (QED) is 0.597. The number of aromatic amines is 1. The van der Waals surface area contributed by atoms with Gasteiger partial charge in [0.05, 0.1) is 16.6 Å². The van der Waals surface area contributed by atoms with Gasteiger partial charge in [0.2, 0.25) is 5.91 Å². The number of nitrogens with zero attached hydrogens (tertiary/aromatic N) is 2. The largest absolute Gasteiger partial charge is 0.357 e. The van der Waals surface area contributed by atoms with Crippen molar-refractivity contribution in [1.82, 2.24) is 14.8 Å². The average Bonchev–Trinajstić information content (AvgIpc) is 3.22. The number of aryl methyl sites for hydroxylation is 1. The van der Waals surface area contributed by atoms with Gasteiger partial charge in [0.1, 0.15) is 0 Å². The first-order chi connectivity index (χ1) is 14.4. The Hall–Kier alpha value is -2.93. The van der Waals surface area contributed by atoms with Gasteiger partial charge in [-0.2, -0.15) is 0 Å². The van der Waals surface area contributed by atoms with Crippen molar-refractivity contribution in [3.8, 4) is 0 Å². The molecular weight excluding hydrogens is 446 g/mol. The summed E-state index contributed by atoms with van der Waals surface area (Å²) in [7, 11) is 0. The fraction of sp³-hybridized carbons (Fsp3) is 0.261. The van der Waals surface area contributed by atoms with Gasteiger partial charge in [-0.05, 0) is 41.1 Å². The van der Waals surface area contributed by atoms with Gasteiger partial charge in [-0.25, -0.2) is 0 Å². The van der Waals surface area contributed by atoms with Crippen LogP contribution in [0.2, 0.25) is 0 Å². The van der Waals surface area contributed by atoms with E-state index in [1.165, 1.54) is 4.90 Å². The molecule has 0 aliphatic carbocycles. The second kappa shape index (κ2) is 7.09. The predicted molar refractivity (Wildman–Crippen MR) is 116 cm³/mol. The van der Waals surface area contributed by atoms with Crippen LogP contribution in [0.15, 0.2) is 40.9 Å². The van der Waals surface area contributed by atoms with Crippen molar-refractivity contribution in [2.75, 3.05) is 13.1 Å². The SMILES string of the molecule is Cc1ccc2c(c1)C(=O)N(CCC(=O)N1CCc3[nH]c4c(Br)cccc4c3C1)C2=O. The second-order valence-corrected chi connectivity index (χ2v) is 8.73. The summed E-state index contributed by atoms with van der Waals surface area (Å²) in [4.78, 5) is 44.6. The second-order valence-electron chi connectivity index (χ2n) is 7.87. The summed E-state index contributed by atoms with van der Waals surface area (Å²) in [6, 6.07) is 11.3. The molecule has 3 aromatic rings. The van der Waals surface area contributed by atoms with Crippen molar-refractivity contribution < 1.29 is 14.4 Å². The number of carbonyl (C=O) groups is 3. The fourth-order valence-electron chi connectivity index (χ4n) is 4.39. The van der Waals surface area contributed by atoms with E-state index in [-0.39, 0.29) is 30.7 Å². The summed E-state index contributed by atoms with van der Waals surface area (Å²) >= 11 is 3.58. The molecule has 2 aliphatic rings. The highest BCUT2D eigenvalue weighted by molar-refractivity contribution is 9.10. The molecule has 0 spiro atoms. The standard InChI is InChI=1S/C23H20BrN3O3/c1-13-5-6-15-16(11-13)23(30)27(22(15)29)10-8-20(28)26-9-7-19-17(12-26)14-3-2-4-18(24)21(14)25-19/h2-6,11,25H,7-10,12H2,1H3. The highest BCUT2D eigenvalue weighted by Gasteiger charge is 2.36. The van der Waals surface area contributed by atoms with Gasteiger partial charge in [-0.3, -0.25) is 19.3 Å². The van der Waals surface area contributed by atoms with Gasteiger partial charge >= 0.3 is 0 Å². The summed E-state index contributed by atoms with van der Waals surface area (Å²) in [5, 5.41) is 1.12. The zero-order valence-electron chi connectivity index (χ0n) is 16.5. The molecule has 0 radical (unpaired) electrons. The van der Waals surface area contributed by atoms with E-state index in [1.54, 1.807) is 12.1 Å². The minimum absolute atomic E-state index is 0.0438. The van der Waals surface area contributed by atoms with Crippen LogP contribution in [0.3, 0.4) is 0 Å².